The highest BCUT2D eigenvalue weighted by atomic mass is 19.4. The molecule has 248 valence electrons. The molecule has 6 nitrogen and oxygen atoms in total. The Kier molecular flexibility index (Phi) is 10.8. The van der Waals surface area contributed by atoms with Crippen LogP contribution in [0.3, 0.4) is 0 Å². The van der Waals surface area contributed by atoms with Gasteiger partial charge in [0, 0.05) is 36.7 Å². The van der Waals surface area contributed by atoms with Gasteiger partial charge in [-0.05, 0) is 66.8 Å². The molecule has 0 aliphatic carbocycles. The molecule has 0 bridgehead atoms. The number of hydrogen-bond donors (Lipinski definition) is 0. The Labute approximate surface area is 278 Å². The van der Waals surface area contributed by atoms with Gasteiger partial charge in [-0.2, -0.15) is 13.2 Å². The fourth-order valence-electron chi connectivity index (χ4n) is 5.95. The lowest BCUT2D eigenvalue weighted by molar-refractivity contribution is -0.140. The lowest BCUT2D eigenvalue weighted by Gasteiger charge is -2.34. The molecule has 1 aliphatic rings. The van der Waals surface area contributed by atoms with Crippen molar-refractivity contribution in [3.63, 3.8) is 0 Å². The van der Waals surface area contributed by atoms with Crippen LogP contribution in [0.2, 0.25) is 0 Å². The summed E-state index contributed by atoms with van der Waals surface area (Å²) in [5.74, 6) is -1.76. The van der Waals surface area contributed by atoms with Crippen LogP contribution < -0.4 is 0 Å². The molecule has 0 radical (unpaired) electrons. The number of hydrogen-bond acceptors (Lipinski definition) is 4. The Morgan fingerprint density at radius 2 is 1.44 bits per heavy atom. The molecular formula is C39H37F3N2O4. The number of carbonyl (C=O) groups is 3. The van der Waals surface area contributed by atoms with E-state index in [4.69, 9.17) is 4.74 Å². The first-order chi connectivity index (χ1) is 23.0. The molecule has 1 atom stereocenters. The van der Waals surface area contributed by atoms with E-state index in [0.29, 0.717) is 36.3 Å². The molecule has 0 fully saturated rings. The maximum absolute atomic E-state index is 13.7. The summed E-state index contributed by atoms with van der Waals surface area (Å²) in [6.45, 7) is 4.54. The molecule has 0 saturated carbocycles. The highest BCUT2D eigenvalue weighted by Gasteiger charge is 2.38. The van der Waals surface area contributed by atoms with E-state index >= 15 is 0 Å². The van der Waals surface area contributed by atoms with Gasteiger partial charge >= 0.3 is 12.1 Å². The van der Waals surface area contributed by atoms with Crippen LogP contribution in [0.4, 0.5) is 13.2 Å². The molecule has 4 aromatic rings. The van der Waals surface area contributed by atoms with E-state index < -0.39 is 23.6 Å². The van der Waals surface area contributed by atoms with Crippen LogP contribution in [0.25, 0.3) is 0 Å². The summed E-state index contributed by atoms with van der Waals surface area (Å²) in [5, 5.41) is 0. The van der Waals surface area contributed by atoms with Gasteiger partial charge in [0.25, 0.3) is 5.91 Å². The van der Waals surface area contributed by atoms with Crippen LogP contribution in [0.15, 0.2) is 120 Å². The minimum absolute atomic E-state index is 0.103. The van der Waals surface area contributed by atoms with Gasteiger partial charge in [-0.25, -0.2) is 4.79 Å². The molecule has 1 aliphatic heterocycles. The second-order valence-corrected chi connectivity index (χ2v) is 11.7. The smallest absolute Gasteiger partial charge is 0.416 e. The molecule has 0 aromatic heterocycles. The SMILES string of the molecule is CCOC(=O)C1=C(C)N(Cc2ccc(C(=O)N(CCc3ccccc3)Cc3ccccc3)cc2)C(=O)CC1c1ccc(C(F)(F)F)cc1. The van der Waals surface area contributed by atoms with Crippen molar-refractivity contribution in [2.24, 2.45) is 0 Å². The zero-order valence-corrected chi connectivity index (χ0v) is 26.9. The number of halogens is 3. The monoisotopic (exact) mass is 654 g/mol. The molecule has 48 heavy (non-hydrogen) atoms. The highest BCUT2D eigenvalue weighted by molar-refractivity contribution is 5.96. The van der Waals surface area contributed by atoms with Crippen molar-refractivity contribution in [3.05, 3.63) is 154 Å². The quantitative estimate of drug-likeness (QED) is 0.154. The number of allylic oxidation sites excluding steroid dienone is 1. The molecule has 2 amide bonds. The van der Waals surface area contributed by atoms with E-state index in [1.165, 1.54) is 17.0 Å². The largest absolute Gasteiger partial charge is 0.463 e. The van der Waals surface area contributed by atoms with Gasteiger partial charge in [0.2, 0.25) is 5.91 Å². The average Bonchev–Trinajstić information content (AvgIpc) is 3.09. The number of rotatable bonds is 11. The number of nitrogens with zero attached hydrogens (tertiary/aromatic N) is 2. The van der Waals surface area contributed by atoms with Crippen molar-refractivity contribution in [2.45, 2.75) is 51.9 Å². The normalized spacial score (nSPS) is 15.0. The van der Waals surface area contributed by atoms with E-state index in [9.17, 15) is 27.6 Å². The van der Waals surface area contributed by atoms with Gasteiger partial charge in [0.05, 0.1) is 24.3 Å². The van der Waals surface area contributed by atoms with Gasteiger partial charge in [-0.1, -0.05) is 84.9 Å². The van der Waals surface area contributed by atoms with Gasteiger partial charge < -0.3 is 14.5 Å². The number of ether oxygens (including phenoxy) is 1. The predicted octanol–water partition coefficient (Wildman–Crippen LogP) is 7.94. The summed E-state index contributed by atoms with van der Waals surface area (Å²) in [6.07, 6.45) is -3.91. The summed E-state index contributed by atoms with van der Waals surface area (Å²) in [7, 11) is 0. The molecule has 4 aromatic carbocycles. The summed E-state index contributed by atoms with van der Waals surface area (Å²) < 4.78 is 44.9. The van der Waals surface area contributed by atoms with Gasteiger partial charge in [-0.3, -0.25) is 9.59 Å². The predicted molar refractivity (Wildman–Crippen MR) is 176 cm³/mol. The molecular weight excluding hydrogens is 617 g/mol. The zero-order valence-electron chi connectivity index (χ0n) is 26.9. The van der Waals surface area contributed by atoms with E-state index in [1.54, 1.807) is 38.1 Å². The third-order valence-corrected chi connectivity index (χ3v) is 8.52. The first kappa shape index (κ1) is 34.2. The zero-order chi connectivity index (χ0) is 34.3. The van der Waals surface area contributed by atoms with Crippen molar-refractivity contribution in [2.75, 3.05) is 13.2 Å². The third-order valence-electron chi connectivity index (χ3n) is 8.52. The molecule has 5 rings (SSSR count). The Balaban J connectivity index is 1.36. The van der Waals surface area contributed by atoms with Crippen molar-refractivity contribution in [1.29, 1.82) is 0 Å². The molecule has 0 spiro atoms. The lowest BCUT2D eigenvalue weighted by atomic mass is 9.83. The summed E-state index contributed by atoms with van der Waals surface area (Å²) >= 11 is 0. The van der Waals surface area contributed by atoms with Crippen LogP contribution >= 0.6 is 0 Å². The summed E-state index contributed by atoms with van der Waals surface area (Å²) in [4.78, 5) is 43.7. The Morgan fingerprint density at radius 1 is 0.833 bits per heavy atom. The van der Waals surface area contributed by atoms with Crippen molar-refractivity contribution in [3.8, 4) is 0 Å². The molecule has 0 saturated heterocycles. The Bertz CT molecular complexity index is 1750. The van der Waals surface area contributed by atoms with E-state index in [2.05, 4.69) is 0 Å². The number of alkyl halides is 3. The van der Waals surface area contributed by atoms with E-state index in [-0.39, 0.29) is 37.0 Å². The van der Waals surface area contributed by atoms with Gasteiger partial charge in [0.1, 0.15) is 0 Å². The fourth-order valence-corrected chi connectivity index (χ4v) is 5.95. The first-order valence-corrected chi connectivity index (χ1v) is 15.9. The van der Waals surface area contributed by atoms with Crippen LogP contribution in [0.5, 0.6) is 0 Å². The number of esters is 1. The standard InChI is InChI=1S/C39H37F3N2O4/c1-3-48-38(47)36-27(2)44(35(45)24-34(36)31-18-20-33(21-19-31)39(40,41)42)26-30-14-16-32(17-15-30)37(46)43(25-29-12-8-5-9-13-29)23-22-28-10-6-4-7-11-28/h4-21,34H,3,22-26H2,1-2H3. The second kappa shape index (κ2) is 15.2. The topological polar surface area (TPSA) is 66.9 Å². The lowest BCUT2D eigenvalue weighted by Crippen LogP contribution is -2.38. The molecule has 1 heterocycles. The number of carbonyl (C=O) groups excluding carboxylic acids is 3. The fraction of sp³-hybridized carbons (Fsp3) is 0.256. The van der Waals surface area contributed by atoms with Crippen molar-refractivity contribution >= 4 is 17.8 Å². The molecule has 1 unspecified atom stereocenters. The summed E-state index contributed by atoms with van der Waals surface area (Å²) in [5.41, 5.74) is 3.64. The third kappa shape index (κ3) is 8.20. The summed E-state index contributed by atoms with van der Waals surface area (Å²) in [6, 6.07) is 31.4. The Morgan fingerprint density at radius 3 is 2.02 bits per heavy atom. The second-order valence-electron chi connectivity index (χ2n) is 11.7. The highest BCUT2D eigenvalue weighted by Crippen LogP contribution is 2.39. The maximum Gasteiger partial charge on any atom is 0.416 e. The minimum Gasteiger partial charge on any atom is -0.463 e. The van der Waals surface area contributed by atoms with Gasteiger partial charge in [0.15, 0.2) is 0 Å². The first-order valence-electron chi connectivity index (χ1n) is 15.9. The van der Waals surface area contributed by atoms with Crippen LogP contribution in [-0.4, -0.2) is 40.7 Å². The average molecular weight is 655 g/mol. The minimum atomic E-state index is -4.50. The van der Waals surface area contributed by atoms with Crippen LogP contribution in [0, 0.1) is 0 Å². The van der Waals surface area contributed by atoms with Crippen LogP contribution in [-0.2, 0) is 40.0 Å². The molecule has 0 N–H and O–H groups in total. The van der Waals surface area contributed by atoms with E-state index in [1.807, 2.05) is 65.6 Å². The number of amides is 2. The van der Waals surface area contributed by atoms with E-state index in [0.717, 1.165) is 28.8 Å². The van der Waals surface area contributed by atoms with Crippen molar-refractivity contribution in [1.82, 2.24) is 9.80 Å². The Hall–Kier alpha value is -5.18. The molecule has 9 heteroatoms. The van der Waals surface area contributed by atoms with Crippen molar-refractivity contribution < 1.29 is 32.3 Å². The van der Waals surface area contributed by atoms with Gasteiger partial charge in [-0.15, -0.1) is 0 Å². The maximum atomic E-state index is 13.7. The van der Waals surface area contributed by atoms with Crippen LogP contribution in [0.1, 0.15) is 64.4 Å². The number of benzene rings is 4.